The summed E-state index contributed by atoms with van der Waals surface area (Å²) in [6.45, 7) is 1.54. The van der Waals surface area contributed by atoms with Crippen molar-refractivity contribution in [2.45, 2.75) is 31.7 Å². The van der Waals surface area contributed by atoms with Gasteiger partial charge in [0.15, 0.2) is 6.04 Å². The van der Waals surface area contributed by atoms with E-state index in [1.54, 1.807) is 24.7 Å². The van der Waals surface area contributed by atoms with Crippen LogP contribution in [0.1, 0.15) is 52.1 Å². The molecule has 2 aromatic rings. The number of carbonyl (C=O) groups excluding carboxylic acids is 1. The average Bonchev–Trinajstić information content (AvgIpc) is 3.29. The summed E-state index contributed by atoms with van der Waals surface area (Å²) < 4.78 is 15.0. The van der Waals surface area contributed by atoms with E-state index in [0.717, 1.165) is 18.5 Å². The predicted octanol–water partition coefficient (Wildman–Crippen LogP) is 2.30. The maximum absolute atomic E-state index is 13.4. The molecule has 24 heavy (non-hydrogen) atoms. The van der Waals surface area contributed by atoms with Crippen molar-refractivity contribution in [3.05, 3.63) is 52.6 Å². The van der Waals surface area contributed by atoms with E-state index < -0.39 is 23.7 Å². The summed E-state index contributed by atoms with van der Waals surface area (Å²) in [5, 5.41) is 16.0. The molecule has 6 nitrogen and oxygen atoms in total. The van der Waals surface area contributed by atoms with Gasteiger partial charge in [-0.15, -0.1) is 0 Å². The fraction of sp³-hybridized carbons (Fsp3) is 0.353. The molecule has 1 aromatic carbocycles. The SMILES string of the molecule is Cc1cc(C(NC(=O)c2cc(C3CC3)n(C)n2)C(=O)O)ccc1F. The van der Waals surface area contributed by atoms with Crippen LogP contribution in [-0.2, 0) is 11.8 Å². The molecule has 126 valence electrons. The maximum atomic E-state index is 13.4. The smallest absolute Gasteiger partial charge is 0.330 e. The van der Waals surface area contributed by atoms with Gasteiger partial charge in [-0.25, -0.2) is 9.18 Å². The fourth-order valence-electron chi connectivity index (χ4n) is 2.69. The van der Waals surface area contributed by atoms with E-state index in [0.29, 0.717) is 17.0 Å². The lowest BCUT2D eigenvalue weighted by molar-refractivity contribution is -0.139. The highest BCUT2D eigenvalue weighted by Crippen LogP contribution is 2.39. The molecule has 0 aliphatic heterocycles. The van der Waals surface area contributed by atoms with E-state index in [2.05, 4.69) is 10.4 Å². The molecular formula is C17H18FN3O3. The standard InChI is InChI=1S/C17H18FN3O3/c1-9-7-11(5-6-12(9)18)15(17(23)24)19-16(22)13-8-14(10-3-4-10)21(2)20-13/h5-8,10,15H,3-4H2,1-2H3,(H,19,22)(H,23,24). The number of hydrogen-bond acceptors (Lipinski definition) is 3. The number of aliphatic carboxylic acids is 1. The normalized spacial score (nSPS) is 15.1. The molecule has 1 saturated carbocycles. The molecule has 0 spiro atoms. The molecule has 0 bridgehead atoms. The summed E-state index contributed by atoms with van der Waals surface area (Å²) in [7, 11) is 1.77. The van der Waals surface area contributed by atoms with Crippen LogP contribution in [0.25, 0.3) is 0 Å². The second kappa shape index (κ2) is 6.07. The Hall–Kier alpha value is -2.70. The summed E-state index contributed by atoms with van der Waals surface area (Å²) in [6.07, 6.45) is 2.15. The van der Waals surface area contributed by atoms with Crippen LogP contribution in [0.4, 0.5) is 4.39 Å². The Bertz CT molecular complexity index is 811. The van der Waals surface area contributed by atoms with E-state index in [1.165, 1.54) is 18.2 Å². The van der Waals surface area contributed by atoms with E-state index >= 15 is 0 Å². The van der Waals surface area contributed by atoms with Gasteiger partial charge in [-0.2, -0.15) is 5.10 Å². The average molecular weight is 331 g/mol. The highest BCUT2D eigenvalue weighted by molar-refractivity contribution is 5.95. The molecule has 3 rings (SSSR count). The van der Waals surface area contributed by atoms with Crippen molar-refractivity contribution < 1.29 is 19.1 Å². The lowest BCUT2D eigenvalue weighted by atomic mass is 10.0. The first kappa shape index (κ1) is 16.2. The van der Waals surface area contributed by atoms with Gasteiger partial charge in [0.1, 0.15) is 11.5 Å². The van der Waals surface area contributed by atoms with Crippen molar-refractivity contribution >= 4 is 11.9 Å². The molecule has 0 radical (unpaired) electrons. The highest BCUT2D eigenvalue weighted by Gasteiger charge is 2.29. The summed E-state index contributed by atoms with van der Waals surface area (Å²) in [6, 6.07) is 4.40. The van der Waals surface area contributed by atoms with Crippen molar-refractivity contribution in [2.75, 3.05) is 0 Å². The Kier molecular flexibility index (Phi) is 4.09. The van der Waals surface area contributed by atoms with Crippen molar-refractivity contribution in [3.63, 3.8) is 0 Å². The monoisotopic (exact) mass is 331 g/mol. The lowest BCUT2D eigenvalue weighted by Crippen LogP contribution is -2.34. The topological polar surface area (TPSA) is 84.2 Å². The molecule has 1 atom stereocenters. The molecule has 1 heterocycles. The summed E-state index contributed by atoms with van der Waals surface area (Å²) >= 11 is 0. The zero-order chi connectivity index (χ0) is 17.4. The van der Waals surface area contributed by atoms with Gasteiger partial charge in [0.05, 0.1) is 0 Å². The number of aromatic nitrogens is 2. The third-order valence-electron chi connectivity index (χ3n) is 4.18. The minimum absolute atomic E-state index is 0.185. The number of benzene rings is 1. The summed E-state index contributed by atoms with van der Waals surface area (Å²) in [5.74, 6) is -1.77. The lowest BCUT2D eigenvalue weighted by Gasteiger charge is -2.15. The fourth-order valence-corrected chi connectivity index (χ4v) is 2.69. The van der Waals surface area contributed by atoms with Gasteiger partial charge < -0.3 is 10.4 Å². The van der Waals surface area contributed by atoms with Crippen molar-refractivity contribution in [1.29, 1.82) is 0 Å². The van der Waals surface area contributed by atoms with Crippen LogP contribution in [0.5, 0.6) is 0 Å². The van der Waals surface area contributed by atoms with Crippen molar-refractivity contribution in [1.82, 2.24) is 15.1 Å². The molecular weight excluding hydrogens is 313 g/mol. The molecule has 1 aliphatic carbocycles. The Balaban J connectivity index is 1.82. The Morgan fingerprint density at radius 3 is 2.67 bits per heavy atom. The van der Waals surface area contributed by atoms with Crippen LogP contribution < -0.4 is 5.32 Å². The number of amides is 1. The number of nitrogens with one attached hydrogen (secondary N) is 1. The number of rotatable bonds is 5. The zero-order valence-electron chi connectivity index (χ0n) is 13.4. The molecule has 1 aliphatic rings. The van der Waals surface area contributed by atoms with Gasteiger partial charge in [-0.1, -0.05) is 12.1 Å². The first-order valence-corrected chi connectivity index (χ1v) is 7.70. The highest BCUT2D eigenvalue weighted by atomic mass is 19.1. The molecule has 0 saturated heterocycles. The Labute approximate surface area is 138 Å². The molecule has 1 unspecified atom stereocenters. The minimum Gasteiger partial charge on any atom is -0.479 e. The quantitative estimate of drug-likeness (QED) is 0.880. The maximum Gasteiger partial charge on any atom is 0.330 e. The second-order valence-corrected chi connectivity index (χ2v) is 6.11. The van der Waals surface area contributed by atoms with Crippen LogP contribution in [0.3, 0.4) is 0 Å². The molecule has 1 amide bonds. The van der Waals surface area contributed by atoms with Gasteiger partial charge in [-0.05, 0) is 43.0 Å². The number of halogens is 1. The molecule has 2 N–H and O–H groups in total. The zero-order valence-corrected chi connectivity index (χ0v) is 13.4. The Morgan fingerprint density at radius 2 is 2.08 bits per heavy atom. The summed E-state index contributed by atoms with van der Waals surface area (Å²) in [5.41, 5.74) is 1.80. The van der Waals surface area contributed by atoms with Crippen LogP contribution in [-0.4, -0.2) is 26.8 Å². The largest absolute Gasteiger partial charge is 0.479 e. The number of carboxylic acid groups (broad SMARTS) is 1. The van der Waals surface area contributed by atoms with Gasteiger partial charge >= 0.3 is 5.97 Å². The van der Waals surface area contributed by atoms with E-state index in [1.807, 2.05) is 0 Å². The Morgan fingerprint density at radius 1 is 1.38 bits per heavy atom. The van der Waals surface area contributed by atoms with Crippen molar-refractivity contribution in [3.8, 4) is 0 Å². The number of hydrogen-bond donors (Lipinski definition) is 2. The van der Waals surface area contributed by atoms with E-state index in [9.17, 15) is 19.1 Å². The molecule has 1 aromatic heterocycles. The second-order valence-electron chi connectivity index (χ2n) is 6.11. The minimum atomic E-state index is -1.26. The van der Waals surface area contributed by atoms with Crippen LogP contribution in [0, 0.1) is 12.7 Å². The van der Waals surface area contributed by atoms with Gasteiger partial charge in [0.2, 0.25) is 0 Å². The predicted molar refractivity (Wildman–Crippen MR) is 84.2 cm³/mol. The van der Waals surface area contributed by atoms with Gasteiger partial charge in [0.25, 0.3) is 5.91 Å². The van der Waals surface area contributed by atoms with Crippen LogP contribution in [0.2, 0.25) is 0 Å². The molecule has 7 heteroatoms. The van der Waals surface area contributed by atoms with Gasteiger partial charge in [-0.3, -0.25) is 9.48 Å². The third-order valence-corrected chi connectivity index (χ3v) is 4.18. The first-order chi connectivity index (χ1) is 11.4. The van der Waals surface area contributed by atoms with Crippen LogP contribution >= 0.6 is 0 Å². The van der Waals surface area contributed by atoms with E-state index in [4.69, 9.17) is 0 Å². The van der Waals surface area contributed by atoms with Crippen LogP contribution in [0.15, 0.2) is 24.3 Å². The summed E-state index contributed by atoms with van der Waals surface area (Å²) in [4.78, 5) is 23.9. The third kappa shape index (κ3) is 3.15. The number of nitrogens with zero attached hydrogens (tertiary/aromatic N) is 2. The first-order valence-electron chi connectivity index (χ1n) is 7.70. The van der Waals surface area contributed by atoms with Crippen molar-refractivity contribution in [2.24, 2.45) is 7.05 Å². The van der Waals surface area contributed by atoms with Gasteiger partial charge in [0, 0.05) is 18.7 Å². The number of carbonyl (C=O) groups is 2. The number of carboxylic acids is 1. The molecule has 1 fully saturated rings. The van der Waals surface area contributed by atoms with E-state index in [-0.39, 0.29) is 5.69 Å². The number of aryl methyl sites for hydroxylation is 2.